The Labute approximate surface area is 157 Å². The third kappa shape index (κ3) is 2.94. The van der Waals surface area contributed by atoms with Gasteiger partial charge in [0.25, 0.3) is 5.56 Å². The van der Waals surface area contributed by atoms with Gasteiger partial charge in [-0.15, -0.1) is 0 Å². The van der Waals surface area contributed by atoms with Gasteiger partial charge in [-0.25, -0.2) is 4.98 Å². The maximum Gasteiger partial charge on any atom is 0.275 e. The molecule has 0 amide bonds. The van der Waals surface area contributed by atoms with Crippen LogP contribution in [0.5, 0.6) is 0 Å². The first-order valence-corrected chi connectivity index (χ1v) is 9.45. The lowest BCUT2D eigenvalue weighted by Crippen LogP contribution is -2.13. The van der Waals surface area contributed by atoms with Crippen molar-refractivity contribution in [1.82, 2.24) is 14.5 Å². The molecule has 3 N–H and O–H groups in total. The highest BCUT2D eigenvalue weighted by Crippen LogP contribution is 2.33. The molecule has 0 fully saturated rings. The third-order valence-electron chi connectivity index (χ3n) is 5.08. The third-order valence-corrected chi connectivity index (χ3v) is 5.08. The molecule has 2 aromatic carbocycles. The van der Waals surface area contributed by atoms with Gasteiger partial charge in [-0.2, -0.15) is 0 Å². The average Bonchev–Trinajstić information content (AvgIpc) is 2.99. The maximum absolute atomic E-state index is 12.9. The van der Waals surface area contributed by atoms with Gasteiger partial charge in [0.1, 0.15) is 5.69 Å². The Hall–Kier alpha value is -2.92. The molecule has 0 radical (unpaired) electrons. The van der Waals surface area contributed by atoms with Crippen molar-refractivity contribution in [2.24, 2.45) is 5.73 Å². The van der Waals surface area contributed by atoms with Gasteiger partial charge in [-0.05, 0) is 50.1 Å². The summed E-state index contributed by atoms with van der Waals surface area (Å²) >= 11 is 0. The summed E-state index contributed by atoms with van der Waals surface area (Å²) in [6.07, 6.45) is 1.72. The predicted octanol–water partition coefficient (Wildman–Crippen LogP) is 3.76. The average molecular weight is 360 g/mol. The number of nitrogens with zero attached hydrogens (tertiary/aromatic N) is 2. The van der Waals surface area contributed by atoms with E-state index in [1.54, 1.807) is 0 Å². The van der Waals surface area contributed by atoms with E-state index in [0.29, 0.717) is 12.2 Å². The zero-order valence-electron chi connectivity index (χ0n) is 15.7. The lowest BCUT2D eigenvalue weighted by atomic mass is 10.1. The van der Waals surface area contributed by atoms with Crippen LogP contribution in [0.1, 0.15) is 24.6 Å². The van der Waals surface area contributed by atoms with E-state index in [0.717, 1.165) is 58.1 Å². The van der Waals surface area contributed by atoms with Gasteiger partial charge in [0.2, 0.25) is 0 Å². The van der Waals surface area contributed by atoms with Crippen LogP contribution in [-0.2, 0) is 13.0 Å². The molecule has 4 aromatic rings. The molecular formula is C22H24N4O. The van der Waals surface area contributed by atoms with Gasteiger partial charge < -0.3 is 15.3 Å². The first-order chi connectivity index (χ1) is 13.1. The number of rotatable bonds is 5. The number of aryl methyl sites for hydroxylation is 2. The number of fused-ring (bicyclic) bond motifs is 2. The van der Waals surface area contributed by atoms with E-state index in [1.807, 2.05) is 37.3 Å². The molecular weight excluding hydrogens is 336 g/mol. The van der Waals surface area contributed by atoms with Crippen molar-refractivity contribution in [3.8, 4) is 11.3 Å². The van der Waals surface area contributed by atoms with Gasteiger partial charge in [0.05, 0.1) is 11.0 Å². The molecule has 138 valence electrons. The molecule has 2 heterocycles. The number of nitrogens with one attached hydrogen (secondary N) is 1. The second-order valence-corrected chi connectivity index (χ2v) is 6.92. The first kappa shape index (κ1) is 17.5. The SMILES string of the molecule is CCc1c(-c2nc3cc(C)ccc3[nH]c2=O)c2ccccc2n1CCCN. The molecule has 0 aliphatic rings. The molecule has 0 atom stereocenters. The van der Waals surface area contributed by atoms with Crippen molar-refractivity contribution in [2.45, 2.75) is 33.2 Å². The van der Waals surface area contributed by atoms with Crippen molar-refractivity contribution in [2.75, 3.05) is 6.54 Å². The fourth-order valence-corrected chi connectivity index (χ4v) is 3.85. The molecule has 5 nitrogen and oxygen atoms in total. The fourth-order valence-electron chi connectivity index (χ4n) is 3.85. The Bertz CT molecular complexity index is 1190. The summed E-state index contributed by atoms with van der Waals surface area (Å²) < 4.78 is 2.29. The van der Waals surface area contributed by atoms with Gasteiger partial charge >= 0.3 is 0 Å². The second kappa shape index (κ2) is 7.00. The Balaban J connectivity index is 2.05. The zero-order chi connectivity index (χ0) is 19.0. The van der Waals surface area contributed by atoms with Crippen molar-refractivity contribution >= 4 is 21.9 Å². The van der Waals surface area contributed by atoms with Gasteiger partial charge in [0.15, 0.2) is 0 Å². The summed E-state index contributed by atoms with van der Waals surface area (Å²) in [5, 5.41) is 1.07. The van der Waals surface area contributed by atoms with Crippen LogP contribution < -0.4 is 11.3 Å². The summed E-state index contributed by atoms with van der Waals surface area (Å²) in [5.74, 6) is 0. The minimum atomic E-state index is -0.150. The van der Waals surface area contributed by atoms with Crippen LogP contribution in [0.3, 0.4) is 0 Å². The fraction of sp³-hybridized carbons (Fsp3) is 0.273. The van der Waals surface area contributed by atoms with Crippen molar-refractivity contribution in [3.63, 3.8) is 0 Å². The molecule has 0 saturated carbocycles. The van der Waals surface area contributed by atoms with Crippen LogP contribution in [0.15, 0.2) is 47.3 Å². The minimum absolute atomic E-state index is 0.150. The summed E-state index contributed by atoms with van der Waals surface area (Å²) in [6, 6.07) is 14.1. The number of H-pyrrole nitrogens is 1. The lowest BCUT2D eigenvalue weighted by molar-refractivity contribution is 0.647. The Kier molecular flexibility index (Phi) is 4.54. The van der Waals surface area contributed by atoms with E-state index in [4.69, 9.17) is 10.7 Å². The van der Waals surface area contributed by atoms with Crippen LogP contribution in [0.2, 0.25) is 0 Å². The van der Waals surface area contributed by atoms with E-state index in [-0.39, 0.29) is 5.56 Å². The molecule has 0 bridgehead atoms. The molecule has 0 spiro atoms. The highest BCUT2D eigenvalue weighted by atomic mass is 16.1. The van der Waals surface area contributed by atoms with Gasteiger partial charge in [0, 0.05) is 28.7 Å². The van der Waals surface area contributed by atoms with E-state index >= 15 is 0 Å². The highest BCUT2D eigenvalue weighted by molar-refractivity contribution is 5.98. The first-order valence-electron chi connectivity index (χ1n) is 9.45. The van der Waals surface area contributed by atoms with E-state index in [1.165, 1.54) is 0 Å². The normalized spacial score (nSPS) is 11.5. The molecule has 5 heteroatoms. The Morgan fingerprint density at radius 3 is 2.78 bits per heavy atom. The summed E-state index contributed by atoms with van der Waals surface area (Å²) in [4.78, 5) is 20.7. The minimum Gasteiger partial charge on any atom is -0.344 e. The van der Waals surface area contributed by atoms with Crippen LogP contribution in [0.25, 0.3) is 33.2 Å². The summed E-state index contributed by atoms with van der Waals surface area (Å²) in [7, 11) is 0. The van der Waals surface area contributed by atoms with Crippen molar-refractivity contribution < 1.29 is 0 Å². The Morgan fingerprint density at radius 1 is 1.19 bits per heavy atom. The molecule has 2 aromatic heterocycles. The predicted molar refractivity (Wildman–Crippen MR) is 111 cm³/mol. The largest absolute Gasteiger partial charge is 0.344 e. The van der Waals surface area contributed by atoms with E-state index < -0.39 is 0 Å². The summed E-state index contributed by atoms with van der Waals surface area (Å²) in [6.45, 7) is 5.63. The standard InChI is InChI=1S/C22H24N4O/c1-3-18-20(15-7-4-5-8-19(15)26(18)12-6-11-23)21-22(27)25-16-10-9-14(2)13-17(16)24-21/h4-5,7-10,13H,3,6,11-12,23H2,1-2H3,(H,25,27). The number of nitrogens with two attached hydrogens (primary N) is 1. The molecule has 4 rings (SSSR count). The number of benzene rings is 2. The quantitative estimate of drug-likeness (QED) is 0.569. The monoisotopic (exact) mass is 360 g/mol. The number of aromatic nitrogens is 3. The number of hydrogen-bond donors (Lipinski definition) is 2. The lowest BCUT2D eigenvalue weighted by Gasteiger charge is -2.10. The van der Waals surface area contributed by atoms with Crippen LogP contribution in [0.4, 0.5) is 0 Å². The number of aromatic amines is 1. The number of hydrogen-bond acceptors (Lipinski definition) is 3. The highest BCUT2D eigenvalue weighted by Gasteiger charge is 2.20. The second-order valence-electron chi connectivity index (χ2n) is 6.92. The number of para-hydroxylation sites is 1. The van der Waals surface area contributed by atoms with Crippen molar-refractivity contribution in [1.29, 1.82) is 0 Å². The zero-order valence-corrected chi connectivity index (χ0v) is 15.7. The smallest absolute Gasteiger partial charge is 0.275 e. The Morgan fingerprint density at radius 2 is 2.00 bits per heavy atom. The van der Waals surface area contributed by atoms with Crippen LogP contribution >= 0.6 is 0 Å². The van der Waals surface area contributed by atoms with E-state index in [2.05, 4.69) is 28.6 Å². The molecule has 0 saturated heterocycles. The van der Waals surface area contributed by atoms with Crippen molar-refractivity contribution in [3.05, 3.63) is 64.1 Å². The molecule has 0 aliphatic heterocycles. The molecule has 27 heavy (non-hydrogen) atoms. The van der Waals surface area contributed by atoms with E-state index in [9.17, 15) is 4.79 Å². The van der Waals surface area contributed by atoms with Crippen LogP contribution in [-0.4, -0.2) is 21.1 Å². The molecule has 0 unspecified atom stereocenters. The van der Waals surface area contributed by atoms with Crippen LogP contribution in [0, 0.1) is 6.92 Å². The summed E-state index contributed by atoms with van der Waals surface area (Å²) in [5.41, 5.74) is 12.0. The maximum atomic E-state index is 12.9. The topological polar surface area (TPSA) is 76.7 Å². The van der Waals surface area contributed by atoms with Gasteiger partial charge in [-0.1, -0.05) is 31.2 Å². The molecule has 0 aliphatic carbocycles. The van der Waals surface area contributed by atoms with Gasteiger partial charge in [-0.3, -0.25) is 4.79 Å².